The van der Waals surface area contributed by atoms with E-state index >= 15 is 0 Å². The molecule has 2 rings (SSSR count). The Hall–Kier alpha value is -2.88. The lowest BCUT2D eigenvalue weighted by molar-refractivity contribution is -0.139. The van der Waals surface area contributed by atoms with Gasteiger partial charge in [-0.25, -0.2) is 4.79 Å². The van der Waals surface area contributed by atoms with Crippen molar-refractivity contribution >= 4 is 11.9 Å². The molecule has 0 heterocycles. The zero-order valence-corrected chi connectivity index (χ0v) is 12.7. The summed E-state index contributed by atoms with van der Waals surface area (Å²) in [6.45, 7) is 3.56. The van der Waals surface area contributed by atoms with Gasteiger partial charge in [0, 0.05) is 5.56 Å². The molecule has 2 aromatic carbocycles. The molecule has 0 aliphatic heterocycles. The highest BCUT2D eigenvalue weighted by Gasteiger charge is 2.19. The number of hydrogen-bond donors (Lipinski definition) is 2. The fourth-order valence-corrected chi connectivity index (χ4v) is 2.23. The number of carboxylic acid groups (broad SMARTS) is 1. The zero-order valence-electron chi connectivity index (χ0n) is 12.7. The third-order valence-electron chi connectivity index (χ3n) is 3.52. The lowest BCUT2D eigenvalue weighted by atomic mass is 10.0. The largest absolute Gasteiger partial charge is 0.480 e. The van der Waals surface area contributed by atoms with Crippen LogP contribution in [0.5, 0.6) is 0 Å². The number of amides is 1. The van der Waals surface area contributed by atoms with Crippen LogP contribution in [-0.2, 0) is 4.79 Å². The van der Waals surface area contributed by atoms with Gasteiger partial charge in [0.25, 0.3) is 5.91 Å². The lowest BCUT2D eigenvalue weighted by Crippen LogP contribution is -2.40. The Labute approximate surface area is 135 Å². The van der Waals surface area contributed by atoms with Crippen LogP contribution in [0.2, 0.25) is 0 Å². The standard InChI is InChI=1S/C19H19NO3/c1-2-3-9-17(19(22)23)20-18(21)16-12-10-15(11-13-16)14-7-5-4-6-8-14/h2,4-8,10-13,17H,1,3,9H2,(H,20,21)(H,22,23)/t17-/m1/s1. The summed E-state index contributed by atoms with van der Waals surface area (Å²) >= 11 is 0. The molecule has 0 aliphatic rings. The second-order valence-corrected chi connectivity index (χ2v) is 5.17. The summed E-state index contributed by atoms with van der Waals surface area (Å²) < 4.78 is 0. The Morgan fingerprint density at radius 1 is 1.04 bits per heavy atom. The third-order valence-corrected chi connectivity index (χ3v) is 3.52. The Morgan fingerprint density at radius 2 is 1.65 bits per heavy atom. The summed E-state index contributed by atoms with van der Waals surface area (Å²) in [6, 6.07) is 16.0. The molecule has 0 saturated carbocycles. The van der Waals surface area contributed by atoms with Crippen molar-refractivity contribution in [1.82, 2.24) is 5.32 Å². The van der Waals surface area contributed by atoms with Crippen LogP contribution >= 0.6 is 0 Å². The molecule has 0 unspecified atom stereocenters. The van der Waals surface area contributed by atoms with Crippen LogP contribution in [0.1, 0.15) is 23.2 Å². The second-order valence-electron chi connectivity index (χ2n) is 5.17. The maximum absolute atomic E-state index is 12.2. The summed E-state index contributed by atoms with van der Waals surface area (Å²) in [4.78, 5) is 23.3. The minimum Gasteiger partial charge on any atom is -0.480 e. The van der Waals surface area contributed by atoms with Crippen LogP contribution in [0.3, 0.4) is 0 Å². The van der Waals surface area contributed by atoms with Crippen molar-refractivity contribution < 1.29 is 14.7 Å². The van der Waals surface area contributed by atoms with E-state index in [9.17, 15) is 9.59 Å². The molecule has 118 valence electrons. The monoisotopic (exact) mass is 309 g/mol. The number of hydrogen-bond acceptors (Lipinski definition) is 2. The van der Waals surface area contributed by atoms with E-state index in [-0.39, 0.29) is 5.91 Å². The van der Waals surface area contributed by atoms with Crippen LogP contribution in [0.25, 0.3) is 11.1 Å². The van der Waals surface area contributed by atoms with E-state index in [1.54, 1.807) is 18.2 Å². The predicted molar refractivity (Wildman–Crippen MR) is 90.2 cm³/mol. The van der Waals surface area contributed by atoms with Crippen LogP contribution in [0.15, 0.2) is 67.3 Å². The minimum absolute atomic E-state index is 0.326. The van der Waals surface area contributed by atoms with Crippen molar-refractivity contribution in [2.75, 3.05) is 0 Å². The highest BCUT2D eigenvalue weighted by Crippen LogP contribution is 2.19. The number of nitrogens with one attached hydrogen (secondary N) is 1. The van der Waals surface area contributed by atoms with Gasteiger partial charge in [-0.1, -0.05) is 48.5 Å². The third kappa shape index (κ3) is 4.54. The molecule has 0 saturated heterocycles. The quantitative estimate of drug-likeness (QED) is 0.769. The first-order valence-electron chi connectivity index (χ1n) is 7.42. The molecular formula is C19H19NO3. The van der Waals surface area contributed by atoms with Crippen molar-refractivity contribution in [3.05, 3.63) is 72.8 Å². The Bertz CT molecular complexity index is 678. The zero-order chi connectivity index (χ0) is 16.7. The molecule has 1 atom stereocenters. The summed E-state index contributed by atoms with van der Waals surface area (Å²) in [7, 11) is 0. The Morgan fingerprint density at radius 3 is 2.22 bits per heavy atom. The van der Waals surface area contributed by atoms with Gasteiger partial charge < -0.3 is 10.4 Å². The molecule has 4 heteroatoms. The summed E-state index contributed by atoms with van der Waals surface area (Å²) in [5, 5.41) is 11.7. The molecule has 0 aliphatic carbocycles. The smallest absolute Gasteiger partial charge is 0.326 e. The van der Waals surface area contributed by atoms with E-state index in [4.69, 9.17) is 5.11 Å². The number of carbonyl (C=O) groups is 2. The molecule has 1 amide bonds. The van der Waals surface area contributed by atoms with Crippen LogP contribution in [-0.4, -0.2) is 23.0 Å². The van der Waals surface area contributed by atoms with E-state index in [2.05, 4.69) is 11.9 Å². The second kappa shape index (κ2) is 7.94. The number of benzene rings is 2. The van der Waals surface area contributed by atoms with E-state index in [0.717, 1.165) is 11.1 Å². The van der Waals surface area contributed by atoms with E-state index < -0.39 is 12.0 Å². The van der Waals surface area contributed by atoms with E-state index in [0.29, 0.717) is 18.4 Å². The molecule has 0 fully saturated rings. The van der Waals surface area contributed by atoms with Crippen molar-refractivity contribution in [2.45, 2.75) is 18.9 Å². The number of allylic oxidation sites excluding steroid dienone is 1. The minimum atomic E-state index is -1.04. The Kier molecular flexibility index (Phi) is 5.69. The summed E-state index contributed by atoms with van der Waals surface area (Å²) in [5.41, 5.74) is 2.51. The Balaban J connectivity index is 2.07. The van der Waals surface area contributed by atoms with Gasteiger partial charge in [0.1, 0.15) is 6.04 Å². The topological polar surface area (TPSA) is 66.4 Å². The van der Waals surface area contributed by atoms with Gasteiger partial charge in [-0.3, -0.25) is 4.79 Å². The van der Waals surface area contributed by atoms with Crippen molar-refractivity contribution in [3.8, 4) is 11.1 Å². The summed E-state index contributed by atoms with van der Waals surface area (Å²) in [5.74, 6) is -1.43. The van der Waals surface area contributed by atoms with Gasteiger partial charge in [0.15, 0.2) is 0 Å². The van der Waals surface area contributed by atoms with Crippen molar-refractivity contribution in [1.29, 1.82) is 0 Å². The molecule has 4 nitrogen and oxygen atoms in total. The average Bonchev–Trinajstić information content (AvgIpc) is 2.59. The molecule has 0 bridgehead atoms. The number of rotatable bonds is 7. The summed E-state index contributed by atoms with van der Waals surface area (Å²) in [6.07, 6.45) is 2.49. The molecular weight excluding hydrogens is 290 g/mol. The maximum Gasteiger partial charge on any atom is 0.326 e. The number of carboxylic acids is 1. The van der Waals surface area contributed by atoms with Gasteiger partial charge >= 0.3 is 5.97 Å². The molecule has 0 spiro atoms. The average molecular weight is 309 g/mol. The molecule has 23 heavy (non-hydrogen) atoms. The predicted octanol–water partition coefficient (Wildman–Crippen LogP) is 3.50. The molecule has 2 N–H and O–H groups in total. The molecule has 2 aromatic rings. The first kappa shape index (κ1) is 16.5. The fourth-order valence-electron chi connectivity index (χ4n) is 2.23. The fraction of sp³-hybridized carbons (Fsp3) is 0.158. The van der Waals surface area contributed by atoms with E-state index in [1.807, 2.05) is 42.5 Å². The maximum atomic E-state index is 12.2. The van der Waals surface area contributed by atoms with Crippen LogP contribution < -0.4 is 5.32 Å². The molecule has 0 aromatic heterocycles. The van der Waals surface area contributed by atoms with Crippen molar-refractivity contribution in [3.63, 3.8) is 0 Å². The SMILES string of the molecule is C=CCC[C@@H](NC(=O)c1ccc(-c2ccccc2)cc1)C(=O)O. The number of carbonyl (C=O) groups excluding carboxylic acids is 1. The van der Waals surface area contributed by atoms with Crippen molar-refractivity contribution in [2.24, 2.45) is 0 Å². The van der Waals surface area contributed by atoms with Gasteiger partial charge in [-0.15, -0.1) is 6.58 Å². The first-order valence-corrected chi connectivity index (χ1v) is 7.42. The van der Waals surface area contributed by atoms with Crippen LogP contribution in [0, 0.1) is 0 Å². The van der Waals surface area contributed by atoms with Crippen LogP contribution in [0.4, 0.5) is 0 Å². The molecule has 0 radical (unpaired) electrons. The van der Waals surface area contributed by atoms with E-state index in [1.165, 1.54) is 0 Å². The van der Waals surface area contributed by atoms with Gasteiger partial charge in [0.2, 0.25) is 0 Å². The first-order chi connectivity index (χ1) is 11.1. The highest BCUT2D eigenvalue weighted by molar-refractivity contribution is 5.97. The number of aliphatic carboxylic acids is 1. The lowest BCUT2D eigenvalue weighted by Gasteiger charge is -2.13. The van der Waals surface area contributed by atoms with Gasteiger partial charge in [-0.05, 0) is 36.1 Å². The van der Waals surface area contributed by atoms with Gasteiger partial charge in [-0.2, -0.15) is 0 Å². The highest BCUT2D eigenvalue weighted by atomic mass is 16.4. The normalized spacial score (nSPS) is 11.5. The van der Waals surface area contributed by atoms with Gasteiger partial charge in [0.05, 0.1) is 0 Å².